The summed E-state index contributed by atoms with van der Waals surface area (Å²) >= 11 is 0. The topological polar surface area (TPSA) is 99.3 Å². The second kappa shape index (κ2) is 7.77. The number of benzene rings is 1. The van der Waals surface area contributed by atoms with Crippen LogP contribution in [0.4, 0.5) is 0 Å². The van der Waals surface area contributed by atoms with Gasteiger partial charge in [-0.2, -0.15) is 0 Å². The van der Waals surface area contributed by atoms with E-state index in [1.165, 1.54) is 4.57 Å². The van der Waals surface area contributed by atoms with Crippen LogP contribution in [0.25, 0.3) is 0 Å². The minimum absolute atomic E-state index is 0.209. The van der Waals surface area contributed by atoms with E-state index in [2.05, 4.69) is 4.98 Å². The summed E-state index contributed by atoms with van der Waals surface area (Å²) in [7, 11) is 0. The van der Waals surface area contributed by atoms with Gasteiger partial charge in [0.05, 0.1) is 18.8 Å². The van der Waals surface area contributed by atoms with Crippen molar-refractivity contribution >= 4 is 0 Å². The molecule has 0 bridgehead atoms. The second-order valence-corrected chi connectivity index (χ2v) is 6.11. The predicted molar refractivity (Wildman–Crippen MR) is 93.3 cm³/mol. The van der Waals surface area contributed by atoms with E-state index in [-0.39, 0.29) is 17.8 Å². The van der Waals surface area contributed by atoms with Gasteiger partial charge in [0.1, 0.15) is 6.23 Å². The number of hydrogen-bond donors (Lipinski definition) is 2. The molecule has 1 saturated heterocycles. The highest BCUT2D eigenvalue weighted by molar-refractivity contribution is 5.13. The number of aromatic amines is 1. The van der Waals surface area contributed by atoms with Gasteiger partial charge in [0, 0.05) is 24.7 Å². The Morgan fingerprint density at radius 1 is 1.32 bits per heavy atom. The van der Waals surface area contributed by atoms with Crippen LogP contribution in [0, 0.1) is 0 Å². The van der Waals surface area contributed by atoms with Crippen molar-refractivity contribution in [2.75, 3.05) is 6.54 Å². The molecule has 7 nitrogen and oxygen atoms in total. The first-order valence-electron chi connectivity index (χ1n) is 8.47. The summed E-state index contributed by atoms with van der Waals surface area (Å²) in [6.07, 6.45) is 1.61. The van der Waals surface area contributed by atoms with Gasteiger partial charge in [-0.05, 0) is 12.0 Å². The number of hydrogen-bond acceptors (Lipinski definition) is 5. The van der Waals surface area contributed by atoms with Crippen LogP contribution in [0.3, 0.4) is 0 Å². The molecule has 7 heteroatoms. The lowest BCUT2D eigenvalue weighted by molar-refractivity contribution is -0.0386. The molecule has 2 aromatic rings. The molecule has 134 valence electrons. The second-order valence-electron chi connectivity index (χ2n) is 6.11. The quantitative estimate of drug-likeness (QED) is 0.811. The van der Waals surface area contributed by atoms with Gasteiger partial charge in [0.25, 0.3) is 5.56 Å². The molecule has 1 unspecified atom stereocenters. The average Bonchev–Trinajstić information content (AvgIpc) is 3.04. The summed E-state index contributed by atoms with van der Waals surface area (Å²) in [6.45, 7) is 2.62. The summed E-state index contributed by atoms with van der Waals surface area (Å²) in [4.78, 5) is 26.2. The van der Waals surface area contributed by atoms with Crippen molar-refractivity contribution < 1.29 is 9.47 Å². The summed E-state index contributed by atoms with van der Waals surface area (Å²) in [5.74, 6) is 0. The van der Waals surface area contributed by atoms with Gasteiger partial charge in [-0.15, -0.1) is 0 Å². The maximum atomic E-state index is 12.1. The summed E-state index contributed by atoms with van der Waals surface area (Å²) < 4.78 is 13.3. The number of rotatable bonds is 6. The molecule has 3 rings (SSSR count). The zero-order valence-corrected chi connectivity index (χ0v) is 14.2. The number of ether oxygens (including phenoxy) is 2. The first-order chi connectivity index (χ1) is 12.1. The molecule has 25 heavy (non-hydrogen) atoms. The van der Waals surface area contributed by atoms with Crippen LogP contribution in [0.2, 0.25) is 0 Å². The molecule has 3 atom stereocenters. The maximum Gasteiger partial charge on any atom is 0.330 e. The molecular weight excluding hydrogens is 322 g/mol. The molecular formula is C18H23N3O4. The van der Waals surface area contributed by atoms with Crippen LogP contribution in [-0.2, 0) is 22.5 Å². The SMILES string of the molecule is CCc1cn([C@@H]2CC(OCc3ccccc3)[C@H](CN)O2)c(=O)[nH]c1=O. The van der Waals surface area contributed by atoms with Gasteiger partial charge in [0.2, 0.25) is 0 Å². The number of H-pyrrole nitrogens is 1. The molecule has 0 amide bonds. The Balaban J connectivity index is 1.75. The number of nitrogens with zero attached hydrogens (tertiary/aromatic N) is 1. The molecule has 1 fully saturated rings. The lowest BCUT2D eigenvalue weighted by atomic mass is 10.1. The molecule has 2 heterocycles. The maximum absolute atomic E-state index is 12.1. The highest BCUT2D eigenvalue weighted by Gasteiger charge is 2.36. The Morgan fingerprint density at radius 2 is 2.08 bits per heavy atom. The molecule has 3 N–H and O–H groups in total. The Labute approximate surface area is 145 Å². The van der Waals surface area contributed by atoms with E-state index < -0.39 is 11.9 Å². The molecule has 0 aliphatic carbocycles. The molecule has 1 aromatic heterocycles. The molecule has 1 aromatic carbocycles. The van der Waals surface area contributed by atoms with Gasteiger partial charge < -0.3 is 15.2 Å². The highest BCUT2D eigenvalue weighted by atomic mass is 16.6. The zero-order valence-electron chi connectivity index (χ0n) is 14.2. The fourth-order valence-electron chi connectivity index (χ4n) is 3.03. The van der Waals surface area contributed by atoms with Crippen LogP contribution in [0.1, 0.15) is 30.7 Å². The van der Waals surface area contributed by atoms with E-state index in [0.717, 1.165) is 5.56 Å². The summed E-state index contributed by atoms with van der Waals surface area (Å²) in [5, 5.41) is 0. The standard InChI is InChI=1S/C18H23N3O4/c1-2-13-10-21(18(23)20-17(13)22)16-8-14(15(9-19)25-16)24-11-12-6-4-3-5-7-12/h3-7,10,14-16H,2,8-9,11,19H2,1H3,(H,20,22,23)/t14?,15-,16-/m0/s1. The van der Waals surface area contributed by atoms with Crippen molar-refractivity contribution in [3.63, 3.8) is 0 Å². The summed E-state index contributed by atoms with van der Waals surface area (Å²) in [5.41, 5.74) is 6.58. The Morgan fingerprint density at radius 3 is 2.76 bits per heavy atom. The van der Waals surface area contributed by atoms with E-state index in [1.54, 1.807) is 6.20 Å². The van der Waals surface area contributed by atoms with E-state index in [9.17, 15) is 9.59 Å². The van der Waals surface area contributed by atoms with Crippen LogP contribution < -0.4 is 17.0 Å². The fourth-order valence-corrected chi connectivity index (χ4v) is 3.03. The van der Waals surface area contributed by atoms with Crippen LogP contribution in [0.5, 0.6) is 0 Å². The smallest absolute Gasteiger partial charge is 0.330 e. The predicted octanol–water partition coefficient (Wildman–Crippen LogP) is 0.931. The lowest BCUT2D eigenvalue weighted by Gasteiger charge is -2.17. The average molecular weight is 345 g/mol. The molecule has 0 saturated carbocycles. The van der Waals surface area contributed by atoms with Crippen molar-refractivity contribution in [3.05, 3.63) is 68.5 Å². The zero-order chi connectivity index (χ0) is 17.8. The number of nitrogens with one attached hydrogen (secondary N) is 1. The van der Waals surface area contributed by atoms with E-state index >= 15 is 0 Å². The van der Waals surface area contributed by atoms with Crippen LogP contribution >= 0.6 is 0 Å². The Kier molecular flexibility index (Phi) is 5.47. The van der Waals surface area contributed by atoms with E-state index in [4.69, 9.17) is 15.2 Å². The number of aromatic nitrogens is 2. The van der Waals surface area contributed by atoms with Crippen molar-refractivity contribution in [1.29, 1.82) is 0 Å². The van der Waals surface area contributed by atoms with E-state index in [0.29, 0.717) is 31.6 Å². The Hall–Kier alpha value is -2.22. The third-order valence-electron chi connectivity index (χ3n) is 4.45. The van der Waals surface area contributed by atoms with Gasteiger partial charge in [-0.25, -0.2) is 4.79 Å². The van der Waals surface area contributed by atoms with Crippen molar-refractivity contribution in [3.8, 4) is 0 Å². The lowest BCUT2D eigenvalue weighted by Crippen LogP contribution is -2.34. The third-order valence-corrected chi connectivity index (χ3v) is 4.45. The first kappa shape index (κ1) is 17.6. The van der Waals surface area contributed by atoms with Crippen LogP contribution in [0.15, 0.2) is 46.1 Å². The molecule has 1 aliphatic rings. The minimum atomic E-state index is -0.496. The normalized spacial score (nSPS) is 23.0. The molecule has 0 spiro atoms. The van der Waals surface area contributed by atoms with Crippen molar-refractivity contribution in [1.82, 2.24) is 9.55 Å². The van der Waals surface area contributed by atoms with Gasteiger partial charge in [-0.3, -0.25) is 14.3 Å². The highest BCUT2D eigenvalue weighted by Crippen LogP contribution is 2.30. The van der Waals surface area contributed by atoms with Crippen LogP contribution in [-0.4, -0.2) is 28.3 Å². The monoisotopic (exact) mass is 345 g/mol. The van der Waals surface area contributed by atoms with Gasteiger partial charge >= 0.3 is 5.69 Å². The minimum Gasteiger partial charge on any atom is -0.371 e. The number of aryl methyl sites for hydroxylation is 1. The molecule has 0 radical (unpaired) electrons. The van der Waals surface area contributed by atoms with Gasteiger partial charge in [-0.1, -0.05) is 37.3 Å². The van der Waals surface area contributed by atoms with Gasteiger partial charge in [0.15, 0.2) is 0 Å². The largest absolute Gasteiger partial charge is 0.371 e. The van der Waals surface area contributed by atoms with E-state index in [1.807, 2.05) is 37.3 Å². The van der Waals surface area contributed by atoms with Crippen molar-refractivity contribution in [2.24, 2.45) is 5.73 Å². The number of nitrogens with two attached hydrogens (primary N) is 1. The fraction of sp³-hybridized carbons (Fsp3) is 0.444. The first-order valence-corrected chi connectivity index (χ1v) is 8.47. The Bertz CT molecular complexity index is 815. The van der Waals surface area contributed by atoms with Crippen molar-refractivity contribution in [2.45, 2.75) is 44.8 Å². The third kappa shape index (κ3) is 3.89. The molecule has 1 aliphatic heterocycles. The summed E-state index contributed by atoms with van der Waals surface area (Å²) in [6, 6.07) is 9.85.